The van der Waals surface area contributed by atoms with Gasteiger partial charge in [-0.25, -0.2) is 9.99 Å². The number of anilines is 1. The second-order valence-corrected chi connectivity index (χ2v) is 3.59. The Kier molecular flexibility index (Phi) is 3.24. The molecule has 0 unspecified atom stereocenters. The first-order valence-corrected chi connectivity index (χ1v) is 4.53. The Morgan fingerprint density at radius 1 is 1.50 bits per heavy atom. The lowest BCUT2D eigenvalue weighted by molar-refractivity contribution is 0.486. The minimum absolute atomic E-state index is 0.101. The summed E-state index contributed by atoms with van der Waals surface area (Å²) in [6.45, 7) is 3.92. The van der Waals surface area contributed by atoms with Gasteiger partial charge in [-0.05, 0) is 13.8 Å². The molecule has 78 valence electrons. The van der Waals surface area contributed by atoms with E-state index in [0.717, 1.165) is 0 Å². The minimum Gasteiger partial charge on any atom is -0.308 e. The fraction of sp³-hybridized carbons (Fsp3) is 0.556. The molecule has 0 aliphatic rings. The second kappa shape index (κ2) is 4.23. The molecule has 0 aliphatic carbocycles. The van der Waals surface area contributed by atoms with Gasteiger partial charge in [-0.2, -0.15) is 0 Å². The summed E-state index contributed by atoms with van der Waals surface area (Å²) >= 11 is 0. The van der Waals surface area contributed by atoms with Crippen LogP contribution in [-0.4, -0.2) is 28.7 Å². The summed E-state index contributed by atoms with van der Waals surface area (Å²) < 4.78 is 1.64. The highest BCUT2D eigenvalue weighted by atomic mass is 16.1. The Balaban J connectivity index is 3.08. The van der Waals surface area contributed by atoms with Crippen LogP contribution in [0.4, 0.5) is 5.82 Å². The Bertz CT molecular complexity index is 356. The maximum absolute atomic E-state index is 11.8. The zero-order valence-corrected chi connectivity index (χ0v) is 8.98. The third-order valence-corrected chi connectivity index (χ3v) is 1.75. The molecule has 0 aliphatic heterocycles. The molecule has 5 heteroatoms. The summed E-state index contributed by atoms with van der Waals surface area (Å²) in [5.41, 5.74) is 2.76. The van der Waals surface area contributed by atoms with Gasteiger partial charge in [-0.3, -0.25) is 10.2 Å². The summed E-state index contributed by atoms with van der Waals surface area (Å²) in [4.78, 5) is 15.7. The molecule has 0 radical (unpaired) electrons. The predicted molar refractivity (Wildman–Crippen MR) is 56.2 cm³/mol. The standard InChI is InChI=1S/C9H16N4O/c1-7(2)13-6-5-10-8(9(13)14)11-12(3)4/h5-7H,1-4H3,(H,10,11). The molecule has 0 amide bonds. The molecule has 1 rings (SSSR count). The second-order valence-electron chi connectivity index (χ2n) is 3.59. The van der Waals surface area contributed by atoms with Crippen molar-refractivity contribution >= 4 is 5.82 Å². The number of rotatable bonds is 3. The van der Waals surface area contributed by atoms with Gasteiger partial charge in [-0.15, -0.1) is 0 Å². The van der Waals surface area contributed by atoms with Gasteiger partial charge in [0.2, 0.25) is 5.82 Å². The van der Waals surface area contributed by atoms with Gasteiger partial charge in [0.05, 0.1) is 0 Å². The average Bonchev–Trinajstić information content (AvgIpc) is 2.07. The van der Waals surface area contributed by atoms with Crippen LogP contribution in [0.15, 0.2) is 17.2 Å². The monoisotopic (exact) mass is 196 g/mol. The average molecular weight is 196 g/mol. The molecule has 5 nitrogen and oxygen atoms in total. The summed E-state index contributed by atoms with van der Waals surface area (Å²) in [6, 6.07) is 0.146. The number of hydrogen-bond acceptors (Lipinski definition) is 4. The van der Waals surface area contributed by atoms with Crippen molar-refractivity contribution in [1.29, 1.82) is 0 Å². The Morgan fingerprint density at radius 3 is 2.64 bits per heavy atom. The smallest absolute Gasteiger partial charge is 0.294 e. The molecular formula is C9H16N4O. The van der Waals surface area contributed by atoms with Crippen molar-refractivity contribution in [3.8, 4) is 0 Å². The van der Waals surface area contributed by atoms with Crippen LogP contribution in [0.5, 0.6) is 0 Å². The van der Waals surface area contributed by atoms with Crippen molar-refractivity contribution in [3.05, 3.63) is 22.7 Å². The van der Waals surface area contributed by atoms with Gasteiger partial charge in [-0.1, -0.05) is 0 Å². The van der Waals surface area contributed by atoms with E-state index in [2.05, 4.69) is 10.4 Å². The molecule has 0 saturated heterocycles. The van der Waals surface area contributed by atoms with Crippen LogP contribution in [0.1, 0.15) is 19.9 Å². The third kappa shape index (κ3) is 2.32. The van der Waals surface area contributed by atoms with Crippen LogP contribution in [0.3, 0.4) is 0 Å². The molecule has 1 aromatic heterocycles. The van der Waals surface area contributed by atoms with Crippen LogP contribution < -0.4 is 11.0 Å². The first kappa shape index (κ1) is 10.7. The summed E-state index contributed by atoms with van der Waals surface area (Å²) in [7, 11) is 3.63. The molecule has 1 aromatic rings. The molecule has 1 heterocycles. The van der Waals surface area contributed by atoms with Crippen LogP contribution in [0.2, 0.25) is 0 Å². The van der Waals surface area contributed by atoms with Gasteiger partial charge in [0, 0.05) is 32.5 Å². The Hall–Kier alpha value is -1.36. The molecule has 0 aromatic carbocycles. The topological polar surface area (TPSA) is 50.2 Å². The van der Waals surface area contributed by atoms with Gasteiger partial charge in [0.1, 0.15) is 0 Å². The molecule has 14 heavy (non-hydrogen) atoms. The van der Waals surface area contributed by atoms with Gasteiger partial charge in [0.25, 0.3) is 5.56 Å². The molecule has 0 fully saturated rings. The zero-order chi connectivity index (χ0) is 10.7. The van der Waals surface area contributed by atoms with Crippen LogP contribution in [-0.2, 0) is 0 Å². The number of aromatic nitrogens is 2. The van der Waals surface area contributed by atoms with E-state index < -0.39 is 0 Å². The van der Waals surface area contributed by atoms with Crippen molar-refractivity contribution in [1.82, 2.24) is 14.6 Å². The lowest BCUT2D eigenvalue weighted by Gasteiger charge is -2.14. The summed E-state index contributed by atoms with van der Waals surface area (Å²) in [6.07, 6.45) is 3.31. The van der Waals surface area contributed by atoms with Gasteiger partial charge in [0.15, 0.2) is 0 Å². The van der Waals surface area contributed by atoms with E-state index >= 15 is 0 Å². The Morgan fingerprint density at radius 2 is 2.14 bits per heavy atom. The van der Waals surface area contributed by atoms with Crippen molar-refractivity contribution in [2.24, 2.45) is 0 Å². The predicted octanol–water partition coefficient (Wildman–Crippen LogP) is 0.713. The largest absolute Gasteiger partial charge is 0.308 e. The van der Waals surface area contributed by atoms with Crippen LogP contribution in [0.25, 0.3) is 0 Å². The van der Waals surface area contributed by atoms with Gasteiger partial charge < -0.3 is 4.57 Å². The van der Waals surface area contributed by atoms with E-state index in [1.807, 2.05) is 27.9 Å². The number of hydrogen-bond donors (Lipinski definition) is 1. The number of nitrogens with one attached hydrogen (secondary N) is 1. The SMILES string of the molecule is CC(C)n1ccnc(NN(C)C)c1=O. The minimum atomic E-state index is -0.101. The van der Waals surface area contributed by atoms with E-state index in [4.69, 9.17) is 0 Å². The fourth-order valence-corrected chi connectivity index (χ4v) is 1.12. The van der Waals surface area contributed by atoms with Crippen molar-refractivity contribution < 1.29 is 0 Å². The number of hydrazine groups is 1. The first-order valence-electron chi connectivity index (χ1n) is 4.53. The zero-order valence-electron chi connectivity index (χ0n) is 8.98. The molecule has 0 atom stereocenters. The molecule has 0 saturated carbocycles. The maximum atomic E-state index is 11.8. The van der Waals surface area contributed by atoms with E-state index in [1.165, 1.54) is 0 Å². The van der Waals surface area contributed by atoms with Crippen molar-refractivity contribution in [2.45, 2.75) is 19.9 Å². The highest BCUT2D eigenvalue weighted by Gasteiger charge is 2.06. The summed E-state index contributed by atoms with van der Waals surface area (Å²) in [5, 5.41) is 1.69. The number of nitrogens with zero attached hydrogens (tertiary/aromatic N) is 3. The molecule has 0 spiro atoms. The summed E-state index contributed by atoms with van der Waals surface area (Å²) in [5.74, 6) is 0.353. The van der Waals surface area contributed by atoms with E-state index in [9.17, 15) is 4.79 Å². The van der Waals surface area contributed by atoms with E-state index in [0.29, 0.717) is 5.82 Å². The van der Waals surface area contributed by atoms with Crippen LogP contribution >= 0.6 is 0 Å². The van der Waals surface area contributed by atoms with Crippen LogP contribution in [0, 0.1) is 0 Å². The quantitative estimate of drug-likeness (QED) is 0.723. The van der Waals surface area contributed by atoms with Crippen molar-refractivity contribution in [3.63, 3.8) is 0 Å². The lowest BCUT2D eigenvalue weighted by Crippen LogP contribution is -2.30. The van der Waals surface area contributed by atoms with Gasteiger partial charge >= 0.3 is 0 Å². The van der Waals surface area contributed by atoms with E-state index in [1.54, 1.807) is 22.0 Å². The van der Waals surface area contributed by atoms with Crippen molar-refractivity contribution in [2.75, 3.05) is 19.5 Å². The highest BCUT2D eigenvalue weighted by molar-refractivity contribution is 5.29. The maximum Gasteiger partial charge on any atom is 0.294 e. The highest BCUT2D eigenvalue weighted by Crippen LogP contribution is 2.01. The first-order chi connectivity index (χ1) is 6.52. The third-order valence-electron chi connectivity index (χ3n) is 1.75. The fourth-order valence-electron chi connectivity index (χ4n) is 1.12. The normalized spacial score (nSPS) is 11.0. The Labute approximate surface area is 83.3 Å². The molecule has 0 bridgehead atoms. The lowest BCUT2D eigenvalue weighted by atomic mass is 10.4. The molecular weight excluding hydrogens is 180 g/mol. The molecule has 1 N–H and O–H groups in total. The van der Waals surface area contributed by atoms with E-state index in [-0.39, 0.29) is 11.6 Å².